The quantitative estimate of drug-likeness (QED) is 0.315. The van der Waals surface area contributed by atoms with E-state index in [4.69, 9.17) is 27.8 Å². The molecule has 3 rings (SSSR count). The van der Waals surface area contributed by atoms with Gasteiger partial charge in [0.1, 0.15) is 12.2 Å². The Hall–Kier alpha value is -0.666. The molecular weight excluding hydrogens is 559 g/mol. The van der Waals surface area contributed by atoms with Crippen molar-refractivity contribution in [2.24, 2.45) is 5.92 Å². The molecule has 0 saturated carbocycles. The second-order valence-electron chi connectivity index (χ2n) is 16.1. The SMILES string of the molecule is CC(=O)N1C(=O)[C@H]([C@@H](O[Si](C)(C)C(C)(C)C)[C@@H]2COC(C)(C)O2)C[C@@H]1[C@H](O[Si](C)(C)C(C)(C)C)[C@H]1COC(C)(C)O1. The van der Waals surface area contributed by atoms with Crippen molar-refractivity contribution in [3.63, 3.8) is 0 Å². The number of likely N-dealkylation sites (tertiary alicyclic amines) is 1. The van der Waals surface area contributed by atoms with Crippen LogP contribution in [0.25, 0.3) is 0 Å². The average Bonchev–Trinajstić information content (AvgIpc) is 3.42. The normalized spacial score (nSPS) is 30.6. The number of ether oxygens (including phenoxy) is 4. The second kappa shape index (κ2) is 11.4. The van der Waals surface area contributed by atoms with Gasteiger partial charge >= 0.3 is 0 Å². The van der Waals surface area contributed by atoms with Gasteiger partial charge in [0.2, 0.25) is 11.8 Å². The van der Waals surface area contributed by atoms with Gasteiger partial charge < -0.3 is 27.8 Å². The summed E-state index contributed by atoms with van der Waals surface area (Å²) >= 11 is 0. The van der Waals surface area contributed by atoms with Gasteiger partial charge in [-0.15, -0.1) is 0 Å². The summed E-state index contributed by atoms with van der Waals surface area (Å²) in [6.07, 6.45) is -1.59. The Bertz CT molecular complexity index is 984. The van der Waals surface area contributed by atoms with Crippen molar-refractivity contribution < 1.29 is 37.4 Å². The number of carbonyl (C=O) groups excluding carboxylic acids is 2. The Labute approximate surface area is 250 Å². The first-order valence-electron chi connectivity index (χ1n) is 15.1. The standard InChI is InChI=1S/C30H57NO8Si2/c1-19(32)31-21(25(23-18-35-30(10,11)37-23)39-41(14,15)28(5,6)7)16-20(26(31)33)24(22-17-34-29(8,9)36-22)38-40(12,13)27(2,3)4/h20-25H,16-18H2,1-15H3/t20-,21+,22-,23+,24+,25-/m0/s1. The van der Waals surface area contributed by atoms with Gasteiger partial charge in [-0.05, 0) is 70.4 Å². The number of carbonyl (C=O) groups is 2. The van der Waals surface area contributed by atoms with Crippen LogP contribution in [0.4, 0.5) is 0 Å². The highest BCUT2D eigenvalue weighted by molar-refractivity contribution is 6.74. The molecule has 0 unspecified atom stereocenters. The van der Waals surface area contributed by atoms with Crippen molar-refractivity contribution in [2.45, 2.75) is 161 Å². The largest absolute Gasteiger partial charge is 0.410 e. The van der Waals surface area contributed by atoms with E-state index in [9.17, 15) is 9.59 Å². The average molecular weight is 616 g/mol. The summed E-state index contributed by atoms with van der Waals surface area (Å²) in [6.45, 7) is 31.4. The summed E-state index contributed by atoms with van der Waals surface area (Å²) in [5.74, 6) is -2.71. The highest BCUT2D eigenvalue weighted by Crippen LogP contribution is 2.45. The monoisotopic (exact) mass is 615 g/mol. The minimum Gasteiger partial charge on any atom is -0.410 e. The van der Waals surface area contributed by atoms with Crippen LogP contribution in [0.1, 0.15) is 82.6 Å². The minimum atomic E-state index is -2.35. The maximum Gasteiger partial charge on any atom is 0.235 e. The van der Waals surface area contributed by atoms with E-state index in [-0.39, 0.29) is 21.9 Å². The fourth-order valence-electron chi connectivity index (χ4n) is 5.36. The lowest BCUT2D eigenvalue weighted by atomic mass is 9.92. The van der Waals surface area contributed by atoms with Crippen LogP contribution in [0, 0.1) is 5.92 Å². The number of nitrogens with zero attached hydrogens (tertiary/aromatic N) is 1. The molecule has 11 heteroatoms. The van der Waals surface area contributed by atoms with Crippen molar-refractivity contribution in [3.8, 4) is 0 Å². The molecule has 3 aliphatic heterocycles. The van der Waals surface area contributed by atoms with E-state index >= 15 is 0 Å². The Balaban J connectivity index is 2.06. The maximum absolute atomic E-state index is 14.3. The first kappa shape index (κ1) is 34.8. The zero-order valence-electron chi connectivity index (χ0n) is 28.3. The van der Waals surface area contributed by atoms with Crippen molar-refractivity contribution in [1.29, 1.82) is 0 Å². The zero-order chi connectivity index (χ0) is 31.6. The summed E-state index contributed by atoms with van der Waals surface area (Å²) < 4.78 is 38.6. The zero-order valence-corrected chi connectivity index (χ0v) is 30.3. The van der Waals surface area contributed by atoms with Gasteiger partial charge in [-0.1, -0.05) is 41.5 Å². The predicted octanol–water partition coefficient (Wildman–Crippen LogP) is 5.83. The number of imide groups is 1. The van der Waals surface area contributed by atoms with Crippen LogP contribution in [0.5, 0.6) is 0 Å². The predicted molar refractivity (Wildman–Crippen MR) is 163 cm³/mol. The molecule has 3 fully saturated rings. The van der Waals surface area contributed by atoms with E-state index < -0.39 is 64.6 Å². The Morgan fingerprint density at radius 3 is 1.56 bits per heavy atom. The second-order valence-corrected chi connectivity index (χ2v) is 25.6. The van der Waals surface area contributed by atoms with Gasteiger partial charge in [0.15, 0.2) is 28.2 Å². The summed E-state index contributed by atoms with van der Waals surface area (Å²) in [5.41, 5.74) is 0. The van der Waals surface area contributed by atoms with Gasteiger partial charge in [-0.2, -0.15) is 0 Å². The molecule has 41 heavy (non-hydrogen) atoms. The molecule has 238 valence electrons. The molecule has 0 N–H and O–H groups in total. The summed E-state index contributed by atoms with van der Waals surface area (Å²) in [4.78, 5) is 28.9. The fourth-order valence-corrected chi connectivity index (χ4v) is 8.05. The third-order valence-electron chi connectivity index (χ3n) is 9.76. The molecule has 3 heterocycles. The molecule has 0 aliphatic carbocycles. The van der Waals surface area contributed by atoms with Crippen LogP contribution >= 0.6 is 0 Å². The van der Waals surface area contributed by atoms with Crippen LogP contribution < -0.4 is 0 Å². The highest BCUT2D eigenvalue weighted by atomic mass is 28.4. The van der Waals surface area contributed by atoms with E-state index in [1.54, 1.807) is 0 Å². The molecule has 0 aromatic heterocycles. The number of hydrogen-bond donors (Lipinski definition) is 0. The van der Waals surface area contributed by atoms with E-state index in [0.717, 1.165) is 0 Å². The van der Waals surface area contributed by atoms with E-state index in [2.05, 4.69) is 67.7 Å². The first-order chi connectivity index (χ1) is 18.3. The van der Waals surface area contributed by atoms with Gasteiger partial charge in [-0.3, -0.25) is 14.5 Å². The van der Waals surface area contributed by atoms with Crippen LogP contribution in [0.3, 0.4) is 0 Å². The van der Waals surface area contributed by atoms with E-state index in [1.165, 1.54) is 11.8 Å². The summed E-state index contributed by atoms with van der Waals surface area (Å²) in [6, 6.07) is -0.525. The molecular formula is C30H57NO8Si2. The highest BCUT2D eigenvalue weighted by Gasteiger charge is 2.58. The fraction of sp³-hybridized carbons (Fsp3) is 0.933. The molecule has 0 spiro atoms. The number of amides is 2. The first-order valence-corrected chi connectivity index (χ1v) is 20.9. The van der Waals surface area contributed by atoms with Gasteiger partial charge in [0, 0.05) is 6.92 Å². The molecule has 0 aromatic rings. The third kappa shape index (κ3) is 7.53. The Kier molecular flexibility index (Phi) is 9.65. The van der Waals surface area contributed by atoms with E-state index in [0.29, 0.717) is 19.6 Å². The lowest BCUT2D eigenvalue weighted by Crippen LogP contribution is -2.56. The Morgan fingerprint density at radius 2 is 1.22 bits per heavy atom. The molecule has 2 amide bonds. The van der Waals surface area contributed by atoms with Crippen LogP contribution in [0.2, 0.25) is 36.3 Å². The summed E-state index contributed by atoms with van der Waals surface area (Å²) in [7, 11) is -4.69. The molecule has 0 aromatic carbocycles. The lowest BCUT2D eigenvalue weighted by molar-refractivity contribution is -0.161. The molecule has 9 nitrogen and oxygen atoms in total. The molecule has 3 aliphatic rings. The third-order valence-corrected chi connectivity index (χ3v) is 18.7. The lowest BCUT2D eigenvalue weighted by Gasteiger charge is -2.43. The molecule has 0 radical (unpaired) electrons. The van der Waals surface area contributed by atoms with Crippen molar-refractivity contribution in [1.82, 2.24) is 4.90 Å². The summed E-state index contributed by atoms with van der Waals surface area (Å²) in [5, 5.41) is -0.173. The van der Waals surface area contributed by atoms with Crippen LogP contribution in [0.15, 0.2) is 0 Å². The van der Waals surface area contributed by atoms with Crippen molar-refractivity contribution in [3.05, 3.63) is 0 Å². The molecule has 0 bridgehead atoms. The minimum absolute atomic E-state index is 0.0854. The van der Waals surface area contributed by atoms with Gasteiger partial charge in [0.25, 0.3) is 0 Å². The van der Waals surface area contributed by atoms with Crippen LogP contribution in [-0.2, 0) is 37.4 Å². The number of hydrogen-bond acceptors (Lipinski definition) is 8. The van der Waals surface area contributed by atoms with E-state index in [1.807, 2.05) is 27.7 Å². The van der Waals surface area contributed by atoms with Gasteiger partial charge in [0.05, 0.1) is 37.4 Å². The van der Waals surface area contributed by atoms with Crippen molar-refractivity contribution >= 4 is 28.4 Å². The maximum atomic E-state index is 14.3. The van der Waals surface area contributed by atoms with Crippen molar-refractivity contribution in [2.75, 3.05) is 13.2 Å². The molecule has 6 atom stereocenters. The number of rotatable bonds is 8. The molecule has 3 saturated heterocycles. The van der Waals surface area contributed by atoms with Gasteiger partial charge in [-0.25, -0.2) is 0 Å². The topological polar surface area (TPSA) is 92.8 Å². The Morgan fingerprint density at radius 1 is 0.829 bits per heavy atom. The smallest absolute Gasteiger partial charge is 0.235 e. The van der Waals surface area contributed by atoms with Crippen LogP contribution in [-0.4, -0.2) is 88.6 Å².